The summed E-state index contributed by atoms with van der Waals surface area (Å²) in [7, 11) is 3.16. The van der Waals surface area contributed by atoms with Crippen LogP contribution in [0.3, 0.4) is 0 Å². The van der Waals surface area contributed by atoms with Crippen molar-refractivity contribution in [3.63, 3.8) is 0 Å². The minimum atomic E-state index is 0. The van der Waals surface area contributed by atoms with Crippen molar-refractivity contribution in [1.82, 2.24) is 4.90 Å². The Morgan fingerprint density at radius 1 is 1.19 bits per heavy atom. The third-order valence-electron chi connectivity index (χ3n) is 3.79. The molecule has 0 bridgehead atoms. The first-order valence-electron chi connectivity index (χ1n) is 6.84. The number of hydrogen-bond acceptors (Lipinski definition) is 4. The molecular weight excluding hydrogens is 292 g/mol. The highest BCUT2D eigenvalue weighted by Crippen LogP contribution is 2.31. The van der Waals surface area contributed by atoms with E-state index < -0.39 is 0 Å². The molecule has 0 spiro atoms. The number of nitrogens with zero attached hydrogens (tertiary/aromatic N) is 1. The van der Waals surface area contributed by atoms with E-state index >= 15 is 0 Å². The SMILES string of the molecule is COc1cc(C)c(C(=O)N2CCC(N)CC2)cc1OC.Cl. The molecule has 0 unspecified atom stereocenters. The lowest BCUT2D eigenvalue weighted by Gasteiger charge is -2.30. The van der Waals surface area contributed by atoms with Crippen LogP contribution in [-0.2, 0) is 0 Å². The van der Waals surface area contributed by atoms with Gasteiger partial charge in [-0.3, -0.25) is 4.79 Å². The molecule has 1 saturated heterocycles. The molecule has 118 valence electrons. The second kappa shape index (κ2) is 7.52. The Labute approximate surface area is 131 Å². The molecule has 1 fully saturated rings. The van der Waals surface area contributed by atoms with Crippen molar-refractivity contribution in [1.29, 1.82) is 0 Å². The lowest BCUT2D eigenvalue weighted by molar-refractivity contribution is 0.0713. The van der Waals surface area contributed by atoms with Crippen molar-refractivity contribution in [3.05, 3.63) is 23.3 Å². The van der Waals surface area contributed by atoms with Crippen molar-refractivity contribution in [2.45, 2.75) is 25.8 Å². The number of carbonyl (C=O) groups is 1. The summed E-state index contributed by atoms with van der Waals surface area (Å²) in [6.07, 6.45) is 1.72. The number of ether oxygens (including phenoxy) is 2. The Morgan fingerprint density at radius 3 is 2.24 bits per heavy atom. The minimum absolute atomic E-state index is 0. The van der Waals surface area contributed by atoms with Gasteiger partial charge in [-0.2, -0.15) is 0 Å². The summed E-state index contributed by atoms with van der Waals surface area (Å²) in [6, 6.07) is 3.80. The molecule has 2 rings (SSSR count). The van der Waals surface area contributed by atoms with Gasteiger partial charge in [0.1, 0.15) is 0 Å². The van der Waals surface area contributed by atoms with Gasteiger partial charge in [0.15, 0.2) is 11.5 Å². The zero-order chi connectivity index (χ0) is 14.7. The van der Waals surface area contributed by atoms with Gasteiger partial charge in [-0.15, -0.1) is 12.4 Å². The first-order valence-corrected chi connectivity index (χ1v) is 6.84. The summed E-state index contributed by atoms with van der Waals surface area (Å²) in [5.41, 5.74) is 7.43. The molecule has 6 heteroatoms. The van der Waals surface area contributed by atoms with Crippen LogP contribution in [0.1, 0.15) is 28.8 Å². The highest BCUT2D eigenvalue weighted by atomic mass is 35.5. The average Bonchev–Trinajstić information content (AvgIpc) is 2.47. The second-order valence-electron chi connectivity index (χ2n) is 5.15. The zero-order valence-corrected chi connectivity index (χ0v) is 13.5. The molecule has 0 aliphatic carbocycles. The van der Waals surface area contributed by atoms with E-state index in [0.717, 1.165) is 18.4 Å². The van der Waals surface area contributed by atoms with Gasteiger partial charge in [-0.25, -0.2) is 0 Å². The molecular formula is C15H23ClN2O3. The van der Waals surface area contributed by atoms with Crippen LogP contribution in [0.25, 0.3) is 0 Å². The number of benzene rings is 1. The summed E-state index contributed by atoms with van der Waals surface area (Å²) >= 11 is 0. The van der Waals surface area contributed by atoms with Crippen LogP contribution in [0.4, 0.5) is 0 Å². The van der Waals surface area contributed by atoms with Crippen molar-refractivity contribution in [2.24, 2.45) is 5.73 Å². The quantitative estimate of drug-likeness (QED) is 0.926. The number of halogens is 1. The fraction of sp³-hybridized carbons (Fsp3) is 0.533. The molecule has 1 aliphatic rings. The molecule has 0 saturated carbocycles. The smallest absolute Gasteiger partial charge is 0.254 e. The summed E-state index contributed by atoms with van der Waals surface area (Å²) in [4.78, 5) is 14.4. The van der Waals surface area contributed by atoms with E-state index in [1.807, 2.05) is 17.9 Å². The van der Waals surface area contributed by atoms with E-state index in [2.05, 4.69) is 0 Å². The summed E-state index contributed by atoms with van der Waals surface area (Å²) in [6.45, 7) is 3.34. The molecule has 21 heavy (non-hydrogen) atoms. The minimum Gasteiger partial charge on any atom is -0.493 e. The van der Waals surface area contributed by atoms with Crippen molar-refractivity contribution in [3.8, 4) is 11.5 Å². The van der Waals surface area contributed by atoms with Gasteiger partial charge in [0.25, 0.3) is 5.91 Å². The first-order chi connectivity index (χ1) is 9.56. The highest BCUT2D eigenvalue weighted by molar-refractivity contribution is 5.96. The van der Waals surface area contributed by atoms with Crippen molar-refractivity contribution in [2.75, 3.05) is 27.3 Å². The maximum absolute atomic E-state index is 12.6. The number of amides is 1. The number of carbonyl (C=O) groups excluding carboxylic acids is 1. The van der Waals surface area contributed by atoms with Gasteiger partial charge in [-0.05, 0) is 37.5 Å². The first kappa shape index (κ1) is 17.6. The van der Waals surface area contributed by atoms with E-state index in [1.54, 1.807) is 20.3 Å². The molecule has 2 N–H and O–H groups in total. The van der Waals surface area contributed by atoms with E-state index in [1.165, 1.54) is 0 Å². The Kier molecular flexibility index (Phi) is 6.30. The number of likely N-dealkylation sites (tertiary alicyclic amines) is 1. The van der Waals surface area contributed by atoms with E-state index in [0.29, 0.717) is 30.2 Å². The summed E-state index contributed by atoms with van der Waals surface area (Å²) in [5.74, 6) is 1.26. The van der Waals surface area contributed by atoms with Crippen LogP contribution in [0.15, 0.2) is 12.1 Å². The molecule has 0 atom stereocenters. The molecule has 0 radical (unpaired) electrons. The molecule has 1 aliphatic heterocycles. The second-order valence-corrected chi connectivity index (χ2v) is 5.15. The largest absolute Gasteiger partial charge is 0.493 e. The number of aryl methyl sites for hydroxylation is 1. The fourth-order valence-electron chi connectivity index (χ4n) is 2.48. The maximum Gasteiger partial charge on any atom is 0.254 e. The van der Waals surface area contributed by atoms with Crippen LogP contribution >= 0.6 is 12.4 Å². The van der Waals surface area contributed by atoms with Crippen LogP contribution in [-0.4, -0.2) is 44.2 Å². The van der Waals surface area contributed by atoms with Crippen LogP contribution in [0.5, 0.6) is 11.5 Å². The van der Waals surface area contributed by atoms with E-state index in [4.69, 9.17) is 15.2 Å². The molecule has 1 aromatic carbocycles. The van der Waals surface area contributed by atoms with Crippen LogP contribution in [0.2, 0.25) is 0 Å². The van der Waals surface area contributed by atoms with Crippen molar-refractivity contribution >= 4 is 18.3 Å². The average molecular weight is 315 g/mol. The van der Waals surface area contributed by atoms with E-state index in [-0.39, 0.29) is 24.4 Å². The molecule has 5 nitrogen and oxygen atoms in total. The normalized spacial score (nSPS) is 15.3. The third-order valence-corrected chi connectivity index (χ3v) is 3.79. The van der Waals surface area contributed by atoms with Gasteiger partial charge < -0.3 is 20.1 Å². The predicted molar refractivity (Wildman–Crippen MR) is 84.6 cm³/mol. The lowest BCUT2D eigenvalue weighted by atomic mass is 10.0. The van der Waals surface area contributed by atoms with Gasteiger partial charge >= 0.3 is 0 Å². The fourth-order valence-corrected chi connectivity index (χ4v) is 2.48. The Hall–Kier alpha value is -1.46. The molecule has 0 aromatic heterocycles. The lowest BCUT2D eigenvalue weighted by Crippen LogP contribution is -2.43. The number of hydrogen-bond donors (Lipinski definition) is 1. The van der Waals surface area contributed by atoms with Crippen LogP contribution in [0, 0.1) is 6.92 Å². The predicted octanol–water partition coefficient (Wildman–Crippen LogP) is 2.00. The zero-order valence-electron chi connectivity index (χ0n) is 12.7. The van der Waals surface area contributed by atoms with Gasteiger partial charge in [0.05, 0.1) is 14.2 Å². The Bertz CT molecular complexity index is 500. The van der Waals surface area contributed by atoms with Gasteiger partial charge in [0.2, 0.25) is 0 Å². The number of rotatable bonds is 3. The summed E-state index contributed by atoms with van der Waals surface area (Å²) in [5, 5.41) is 0. The molecule has 1 aromatic rings. The third kappa shape index (κ3) is 3.80. The monoisotopic (exact) mass is 314 g/mol. The molecule has 1 amide bonds. The van der Waals surface area contributed by atoms with Gasteiger partial charge in [0, 0.05) is 24.7 Å². The number of piperidine rings is 1. The number of nitrogens with two attached hydrogens (primary N) is 1. The van der Waals surface area contributed by atoms with Gasteiger partial charge in [-0.1, -0.05) is 0 Å². The topological polar surface area (TPSA) is 64.8 Å². The Morgan fingerprint density at radius 2 is 1.71 bits per heavy atom. The molecule has 1 heterocycles. The standard InChI is InChI=1S/C15H22N2O3.ClH/c1-10-8-13(19-2)14(20-3)9-12(10)15(18)17-6-4-11(16)5-7-17;/h8-9,11H,4-7,16H2,1-3H3;1H. The van der Waals surface area contributed by atoms with Crippen molar-refractivity contribution < 1.29 is 14.3 Å². The van der Waals surface area contributed by atoms with Crippen LogP contribution < -0.4 is 15.2 Å². The number of methoxy groups -OCH3 is 2. The van der Waals surface area contributed by atoms with E-state index in [9.17, 15) is 4.79 Å². The maximum atomic E-state index is 12.6. The highest BCUT2D eigenvalue weighted by Gasteiger charge is 2.24. The Balaban J connectivity index is 0.00000220. The summed E-state index contributed by atoms with van der Waals surface area (Å²) < 4.78 is 10.5.